The second kappa shape index (κ2) is 6.34. The van der Waals surface area contributed by atoms with Gasteiger partial charge in [0.2, 0.25) is 0 Å². The maximum absolute atomic E-state index is 11.4. The smallest absolute Gasteiger partial charge is 0.339 e. The molecule has 5 heteroatoms. The number of aromatic carboxylic acids is 1. The van der Waals surface area contributed by atoms with E-state index in [1.165, 1.54) is 6.07 Å². The fourth-order valence-electron chi connectivity index (χ4n) is 2.38. The third-order valence-corrected chi connectivity index (χ3v) is 3.56. The number of nitrogen functional groups attached to an aromatic ring is 2. The first kappa shape index (κ1) is 15.4. The number of carboxylic acid groups (broad SMARTS) is 1. The molecule has 0 spiro atoms. The molecule has 5 nitrogen and oxygen atoms in total. The number of ether oxygens (including phenoxy) is 1. The predicted octanol–water partition coefficient (Wildman–Crippen LogP) is 4.01. The van der Waals surface area contributed by atoms with Gasteiger partial charge in [0.1, 0.15) is 17.1 Å². The van der Waals surface area contributed by atoms with Crippen LogP contribution in [0.25, 0.3) is 11.1 Å². The summed E-state index contributed by atoms with van der Waals surface area (Å²) in [5.74, 6) is -0.315. The molecule has 0 amide bonds. The Bertz CT molecular complexity index is 889. The number of benzene rings is 3. The van der Waals surface area contributed by atoms with Crippen LogP contribution in [0.1, 0.15) is 10.4 Å². The first-order valence-electron chi connectivity index (χ1n) is 7.30. The Labute approximate surface area is 139 Å². The molecule has 0 radical (unpaired) electrons. The number of hydrogen-bond donors (Lipinski definition) is 3. The lowest BCUT2D eigenvalue weighted by atomic mass is 10.0. The summed E-state index contributed by atoms with van der Waals surface area (Å²) >= 11 is 0. The van der Waals surface area contributed by atoms with E-state index in [1.807, 2.05) is 18.2 Å². The van der Waals surface area contributed by atoms with Crippen LogP contribution in [0.5, 0.6) is 11.5 Å². The fourth-order valence-corrected chi connectivity index (χ4v) is 2.38. The SMILES string of the molecule is Nc1ccc(-c2ccc(N)cc2Oc2ccccc2C(=O)O)cc1. The van der Waals surface area contributed by atoms with Crippen LogP contribution in [0.3, 0.4) is 0 Å². The van der Waals surface area contributed by atoms with Gasteiger partial charge in [-0.05, 0) is 42.0 Å². The Hall–Kier alpha value is -3.47. The first-order valence-corrected chi connectivity index (χ1v) is 7.30. The summed E-state index contributed by atoms with van der Waals surface area (Å²) in [5.41, 5.74) is 14.6. The predicted molar refractivity (Wildman–Crippen MR) is 94.2 cm³/mol. The third kappa shape index (κ3) is 3.15. The zero-order valence-electron chi connectivity index (χ0n) is 12.8. The van der Waals surface area contributed by atoms with Crippen LogP contribution in [-0.2, 0) is 0 Å². The lowest BCUT2D eigenvalue weighted by molar-refractivity contribution is 0.0694. The second-order valence-corrected chi connectivity index (χ2v) is 5.28. The Morgan fingerprint density at radius 3 is 2.21 bits per heavy atom. The van der Waals surface area contributed by atoms with Crippen LogP contribution in [0.15, 0.2) is 66.7 Å². The van der Waals surface area contributed by atoms with E-state index in [4.69, 9.17) is 16.2 Å². The Morgan fingerprint density at radius 1 is 0.833 bits per heavy atom. The van der Waals surface area contributed by atoms with E-state index >= 15 is 0 Å². The van der Waals surface area contributed by atoms with Crippen molar-refractivity contribution < 1.29 is 14.6 Å². The standard InChI is InChI=1S/C19H16N2O3/c20-13-7-5-12(6-8-13)15-10-9-14(21)11-18(15)24-17-4-2-1-3-16(17)19(22)23/h1-11H,20-21H2,(H,22,23). The van der Waals surface area contributed by atoms with Crippen molar-refractivity contribution in [2.45, 2.75) is 0 Å². The number of anilines is 2. The van der Waals surface area contributed by atoms with Gasteiger partial charge in [0.05, 0.1) is 0 Å². The largest absolute Gasteiger partial charge is 0.478 e. The monoisotopic (exact) mass is 320 g/mol. The molecule has 0 aliphatic heterocycles. The summed E-state index contributed by atoms with van der Waals surface area (Å²) in [6, 6.07) is 19.1. The highest BCUT2D eigenvalue weighted by atomic mass is 16.5. The summed E-state index contributed by atoms with van der Waals surface area (Å²) in [4.78, 5) is 11.4. The highest BCUT2D eigenvalue weighted by molar-refractivity contribution is 5.91. The summed E-state index contributed by atoms with van der Waals surface area (Å²) < 4.78 is 5.88. The average Bonchev–Trinajstić information content (AvgIpc) is 2.56. The zero-order chi connectivity index (χ0) is 17.1. The van der Waals surface area contributed by atoms with E-state index in [9.17, 15) is 9.90 Å². The van der Waals surface area contributed by atoms with Crippen LogP contribution in [0, 0.1) is 0 Å². The van der Waals surface area contributed by atoms with Crippen LogP contribution < -0.4 is 16.2 Å². The molecule has 3 aromatic rings. The van der Waals surface area contributed by atoms with Crippen molar-refractivity contribution in [3.05, 3.63) is 72.3 Å². The quantitative estimate of drug-likeness (QED) is 0.631. The molecule has 3 aromatic carbocycles. The first-order chi connectivity index (χ1) is 11.5. The number of hydrogen-bond acceptors (Lipinski definition) is 4. The molecule has 0 heterocycles. The lowest BCUT2D eigenvalue weighted by Crippen LogP contribution is -2.00. The van der Waals surface area contributed by atoms with Gasteiger partial charge in [0, 0.05) is 23.0 Å². The number of carboxylic acids is 1. The Kier molecular flexibility index (Phi) is 4.07. The van der Waals surface area contributed by atoms with Gasteiger partial charge in [-0.15, -0.1) is 0 Å². The van der Waals surface area contributed by atoms with E-state index in [2.05, 4.69) is 0 Å². The van der Waals surface area contributed by atoms with Crippen LogP contribution >= 0.6 is 0 Å². The van der Waals surface area contributed by atoms with Crippen molar-refractivity contribution in [1.29, 1.82) is 0 Å². The van der Waals surface area contributed by atoms with Gasteiger partial charge in [-0.3, -0.25) is 0 Å². The average molecular weight is 320 g/mol. The van der Waals surface area contributed by atoms with Gasteiger partial charge >= 0.3 is 5.97 Å². The minimum Gasteiger partial charge on any atom is -0.478 e. The van der Waals surface area contributed by atoms with Crippen LogP contribution in [0.2, 0.25) is 0 Å². The summed E-state index contributed by atoms with van der Waals surface area (Å²) in [7, 11) is 0. The van der Waals surface area contributed by atoms with Gasteiger partial charge in [0.25, 0.3) is 0 Å². The highest BCUT2D eigenvalue weighted by Gasteiger charge is 2.14. The fraction of sp³-hybridized carbons (Fsp3) is 0. The Balaban J connectivity index is 2.07. The van der Waals surface area contributed by atoms with Crippen molar-refractivity contribution in [3.63, 3.8) is 0 Å². The van der Waals surface area contributed by atoms with Gasteiger partial charge < -0.3 is 21.3 Å². The van der Waals surface area contributed by atoms with Crippen molar-refractivity contribution in [1.82, 2.24) is 0 Å². The van der Waals surface area contributed by atoms with E-state index < -0.39 is 5.97 Å². The third-order valence-electron chi connectivity index (χ3n) is 3.56. The molecular weight excluding hydrogens is 304 g/mol. The molecule has 0 fully saturated rings. The minimum absolute atomic E-state index is 0.0863. The summed E-state index contributed by atoms with van der Waals surface area (Å²) in [5, 5.41) is 9.30. The van der Waals surface area contributed by atoms with Crippen LogP contribution in [0.4, 0.5) is 11.4 Å². The van der Waals surface area contributed by atoms with E-state index in [0.29, 0.717) is 17.1 Å². The maximum atomic E-state index is 11.4. The number of nitrogens with two attached hydrogens (primary N) is 2. The molecular formula is C19H16N2O3. The molecule has 0 aromatic heterocycles. The summed E-state index contributed by atoms with van der Waals surface area (Å²) in [6.07, 6.45) is 0. The number of para-hydroxylation sites is 1. The van der Waals surface area contributed by atoms with Crippen LogP contribution in [-0.4, -0.2) is 11.1 Å². The van der Waals surface area contributed by atoms with Gasteiger partial charge in [0.15, 0.2) is 0 Å². The molecule has 5 N–H and O–H groups in total. The van der Waals surface area contributed by atoms with Crippen molar-refractivity contribution in [2.24, 2.45) is 0 Å². The number of rotatable bonds is 4. The van der Waals surface area contributed by atoms with Gasteiger partial charge in [-0.1, -0.05) is 24.3 Å². The molecule has 0 atom stereocenters. The van der Waals surface area contributed by atoms with Crippen molar-refractivity contribution in [3.8, 4) is 22.6 Å². The summed E-state index contributed by atoms with van der Waals surface area (Å²) in [6.45, 7) is 0. The van der Waals surface area contributed by atoms with Gasteiger partial charge in [-0.2, -0.15) is 0 Å². The molecule has 0 aliphatic rings. The molecule has 3 rings (SSSR count). The molecule has 0 aliphatic carbocycles. The van der Waals surface area contributed by atoms with Gasteiger partial charge in [-0.25, -0.2) is 4.79 Å². The molecule has 0 bridgehead atoms. The Morgan fingerprint density at radius 2 is 1.50 bits per heavy atom. The molecule has 0 saturated carbocycles. The molecule has 0 saturated heterocycles. The second-order valence-electron chi connectivity index (χ2n) is 5.28. The van der Waals surface area contributed by atoms with Crippen molar-refractivity contribution >= 4 is 17.3 Å². The van der Waals surface area contributed by atoms with E-state index in [0.717, 1.165) is 11.1 Å². The normalized spacial score (nSPS) is 10.3. The number of carbonyl (C=O) groups is 1. The lowest BCUT2D eigenvalue weighted by Gasteiger charge is -2.14. The van der Waals surface area contributed by atoms with E-state index in [-0.39, 0.29) is 11.3 Å². The maximum Gasteiger partial charge on any atom is 0.339 e. The highest BCUT2D eigenvalue weighted by Crippen LogP contribution is 2.36. The molecule has 24 heavy (non-hydrogen) atoms. The minimum atomic E-state index is -1.05. The molecule has 120 valence electrons. The van der Waals surface area contributed by atoms with Crippen molar-refractivity contribution in [2.75, 3.05) is 11.5 Å². The topological polar surface area (TPSA) is 98.6 Å². The zero-order valence-corrected chi connectivity index (χ0v) is 12.8. The van der Waals surface area contributed by atoms with E-state index in [1.54, 1.807) is 42.5 Å². The molecule has 0 unspecified atom stereocenters.